The van der Waals surface area contributed by atoms with Gasteiger partial charge < -0.3 is 5.32 Å². The number of aromatic nitrogens is 1. The van der Waals surface area contributed by atoms with Crippen LogP contribution in [-0.2, 0) is 0 Å². The summed E-state index contributed by atoms with van der Waals surface area (Å²) < 4.78 is 1.20. The van der Waals surface area contributed by atoms with Crippen molar-refractivity contribution in [1.82, 2.24) is 4.98 Å². The zero-order valence-electron chi connectivity index (χ0n) is 11.9. The average Bonchev–Trinajstić information content (AvgIpc) is 2.98. The quantitative estimate of drug-likeness (QED) is 0.524. The zero-order valence-corrected chi connectivity index (χ0v) is 12.7. The highest BCUT2D eigenvalue weighted by Gasteiger charge is 2.03. The number of nitrogens with one attached hydrogen (secondary N) is 1. The summed E-state index contributed by atoms with van der Waals surface area (Å²) in [5.74, 6) is 0. The van der Waals surface area contributed by atoms with Crippen molar-refractivity contribution in [3.05, 3.63) is 78.9 Å². The van der Waals surface area contributed by atoms with Crippen LogP contribution in [0.3, 0.4) is 0 Å². The summed E-state index contributed by atoms with van der Waals surface area (Å²) in [6.07, 6.45) is 0. The maximum atomic E-state index is 4.60. The van der Waals surface area contributed by atoms with Gasteiger partial charge in [0.15, 0.2) is 5.13 Å². The first-order valence-corrected chi connectivity index (χ1v) is 7.98. The molecule has 0 atom stereocenters. The van der Waals surface area contributed by atoms with E-state index in [2.05, 4.69) is 64.9 Å². The first-order valence-electron chi connectivity index (χ1n) is 7.16. The van der Waals surface area contributed by atoms with Crippen LogP contribution in [0.15, 0.2) is 78.9 Å². The largest absolute Gasteiger partial charge is 0.332 e. The maximum Gasteiger partial charge on any atom is 0.188 e. The van der Waals surface area contributed by atoms with Crippen LogP contribution >= 0.6 is 11.3 Å². The standard InChI is InChI=1S/C19H14N2S/c1-2-6-14(7-3-1)15-10-12-16(13-11-15)20-19-21-17-8-4-5-9-18(17)22-19/h1-13H,(H,20,21). The molecule has 0 spiro atoms. The number of thiazole rings is 1. The predicted octanol–water partition coefficient (Wildman–Crippen LogP) is 5.71. The van der Waals surface area contributed by atoms with Crippen molar-refractivity contribution in [2.24, 2.45) is 0 Å². The van der Waals surface area contributed by atoms with Gasteiger partial charge in [0.05, 0.1) is 10.2 Å². The molecule has 4 rings (SSSR count). The minimum absolute atomic E-state index is 0.925. The summed E-state index contributed by atoms with van der Waals surface area (Å²) >= 11 is 1.67. The molecule has 0 aliphatic heterocycles. The van der Waals surface area contributed by atoms with Crippen molar-refractivity contribution in [3.8, 4) is 11.1 Å². The number of nitrogens with zero attached hydrogens (tertiary/aromatic N) is 1. The molecule has 3 aromatic carbocycles. The van der Waals surface area contributed by atoms with E-state index in [1.54, 1.807) is 11.3 Å². The van der Waals surface area contributed by atoms with Gasteiger partial charge in [0.1, 0.15) is 0 Å². The molecular formula is C19H14N2S. The molecule has 4 aromatic rings. The number of fused-ring (bicyclic) bond motifs is 1. The molecule has 2 nitrogen and oxygen atoms in total. The molecule has 0 aliphatic carbocycles. The van der Waals surface area contributed by atoms with Crippen molar-refractivity contribution >= 4 is 32.4 Å². The second-order valence-corrected chi connectivity index (χ2v) is 6.09. The fourth-order valence-electron chi connectivity index (χ4n) is 2.43. The minimum Gasteiger partial charge on any atom is -0.332 e. The second kappa shape index (κ2) is 5.62. The Kier molecular flexibility index (Phi) is 3.33. The van der Waals surface area contributed by atoms with Crippen LogP contribution in [0.2, 0.25) is 0 Å². The molecule has 0 saturated carbocycles. The van der Waals surface area contributed by atoms with Crippen LogP contribution in [-0.4, -0.2) is 4.98 Å². The van der Waals surface area contributed by atoms with Crippen LogP contribution in [0.5, 0.6) is 0 Å². The van der Waals surface area contributed by atoms with Gasteiger partial charge >= 0.3 is 0 Å². The lowest BCUT2D eigenvalue weighted by Crippen LogP contribution is -1.88. The van der Waals surface area contributed by atoms with Crippen molar-refractivity contribution in [1.29, 1.82) is 0 Å². The SMILES string of the molecule is c1ccc(-c2ccc(Nc3nc4ccccc4s3)cc2)cc1. The van der Waals surface area contributed by atoms with Crippen molar-refractivity contribution in [2.75, 3.05) is 5.32 Å². The Bertz CT molecular complexity index is 863. The molecule has 0 aliphatic rings. The molecule has 106 valence electrons. The Hall–Kier alpha value is -2.65. The van der Waals surface area contributed by atoms with Gasteiger partial charge in [-0.1, -0.05) is 65.9 Å². The first kappa shape index (κ1) is 13.0. The fourth-order valence-corrected chi connectivity index (χ4v) is 3.31. The molecule has 0 fully saturated rings. The molecular weight excluding hydrogens is 288 g/mol. The number of rotatable bonds is 3. The number of hydrogen-bond acceptors (Lipinski definition) is 3. The van der Waals surface area contributed by atoms with E-state index in [4.69, 9.17) is 0 Å². The third kappa shape index (κ3) is 2.59. The summed E-state index contributed by atoms with van der Waals surface area (Å²) in [5, 5.41) is 4.30. The Labute approximate surface area is 133 Å². The summed E-state index contributed by atoms with van der Waals surface area (Å²) in [6, 6.07) is 27.0. The lowest BCUT2D eigenvalue weighted by Gasteiger charge is -2.05. The van der Waals surface area contributed by atoms with Gasteiger partial charge in [-0.25, -0.2) is 4.98 Å². The predicted molar refractivity (Wildman–Crippen MR) is 94.8 cm³/mol. The van der Waals surface area contributed by atoms with Crippen LogP contribution in [0.1, 0.15) is 0 Å². The smallest absolute Gasteiger partial charge is 0.188 e. The molecule has 0 saturated heterocycles. The Morgan fingerprint density at radius 1 is 0.682 bits per heavy atom. The van der Waals surface area contributed by atoms with Gasteiger partial charge in [0, 0.05) is 5.69 Å². The Balaban J connectivity index is 1.58. The molecule has 22 heavy (non-hydrogen) atoms. The molecule has 0 amide bonds. The zero-order chi connectivity index (χ0) is 14.8. The van der Waals surface area contributed by atoms with Gasteiger partial charge in [0.2, 0.25) is 0 Å². The van der Waals surface area contributed by atoms with Gasteiger partial charge in [-0.2, -0.15) is 0 Å². The van der Waals surface area contributed by atoms with Crippen LogP contribution < -0.4 is 5.32 Å². The molecule has 3 heteroatoms. The van der Waals surface area contributed by atoms with E-state index in [1.807, 2.05) is 24.3 Å². The summed E-state index contributed by atoms with van der Waals surface area (Å²) in [7, 11) is 0. The molecule has 1 heterocycles. The van der Waals surface area contributed by atoms with Crippen molar-refractivity contribution < 1.29 is 0 Å². The van der Waals surface area contributed by atoms with Crippen LogP contribution in [0.4, 0.5) is 10.8 Å². The highest BCUT2D eigenvalue weighted by molar-refractivity contribution is 7.22. The van der Waals surface area contributed by atoms with Crippen LogP contribution in [0.25, 0.3) is 21.3 Å². The average molecular weight is 302 g/mol. The van der Waals surface area contributed by atoms with Gasteiger partial charge in [-0.3, -0.25) is 0 Å². The number of benzene rings is 3. The highest BCUT2D eigenvalue weighted by atomic mass is 32.1. The lowest BCUT2D eigenvalue weighted by molar-refractivity contribution is 1.44. The van der Waals surface area contributed by atoms with E-state index >= 15 is 0 Å². The topological polar surface area (TPSA) is 24.9 Å². The van der Waals surface area contributed by atoms with Gasteiger partial charge in [0.25, 0.3) is 0 Å². The fraction of sp³-hybridized carbons (Fsp3) is 0. The minimum atomic E-state index is 0.925. The summed E-state index contributed by atoms with van der Waals surface area (Å²) in [6.45, 7) is 0. The normalized spacial score (nSPS) is 10.7. The second-order valence-electron chi connectivity index (χ2n) is 5.06. The van der Waals surface area contributed by atoms with E-state index in [-0.39, 0.29) is 0 Å². The Morgan fingerprint density at radius 2 is 1.36 bits per heavy atom. The molecule has 0 unspecified atom stereocenters. The van der Waals surface area contributed by atoms with E-state index in [9.17, 15) is 0 Å². The molecule has 1 aromatic heterocycles. The molecule has 0 bridgehead atoms. The third-order valence-corrected chi connectivity index (χ3v) is 4.49. The maximum absolute atomic E-state index is 4.60. The van der Waals surface area contributed by atoms with Crippen molar-refractivity contribution in [3.63, 3.8) is 0 Å². The lowest BCUT2D eigenvalue weighted by atomic mass is 10.1. The summed E-state index contributed by atoms with van der Waals surface area (Å²) in [4.78, 5) is 4.60. The molecule has 0 radical (unpaired) electrons. The number of anilines is 2. The first-order chi connectivity index (χ1) is 10.9. The third-order valence-electron chi connectivity index (χ3n) is 3.54. The van der Waals surface area contributed by atoms with E-state index in [0.717, 1.165) is 16.3 Å². The Morgan fingerprint density at radius 3 is 2.14 bits per heavy atom. The summed E-state index contributed by atoms with van der Waals surface area (Å²) in [5.41, 5.74) is 4.54. The number of hydrogen-bond donors (Lipinski definition) is 1. The van der Waals surface area contributed by atoms with Gasteiger partial charge in [-0.15, -0.1) is 0 Å². The molecule has 1 N–H and O–H groups in total. The van der Waals surface area contributed by atoms with Crippen LogP contribution in [0, 0.1) is 0 Å². The van der Waals surface area contributed by atoms with Crippen molar-refractivity contribution in [2.45, 2.75) is 0 Å². The highest BCUT2D eigenvalue weighted by Crippen LogP contribution is 2.29. The van der Waals surface area contributed by atoms with E-state index in [1.165, 1.54) is 15.8 Å². The monoisotopic (exact) mass is 302 g/mol. The van der Waals surface area contributed by atoms with E-state index in [0.29, 0.717) is 0 Å². The number of para-hydroxylation sites is 1. The van der Waals surface area contributed by atoms with Gasteiger partial charge in [-0.05, 0) is 35.4 Å². The van der Waals surface area contributed by atoms with E-state index < -0.39 is 0 Å².